The summed E-state index contributed by atoms with van der Waals surface area (Å²) in [5.74, 6) is 0.650. The molecule has 15 heavy (non-hydrogen) atoms. The minimum absolute atomic E-state index is 0. The van der Waals surface area contributed by atoms with Gasteiger partial charge >= 0.3 is 0 Å². The predicted octanol–water partition coefficient (Wildman–Crippen LogP) is 0.874. The summed E-state index contributed by atoms with van der Waals surface area (Å²) in [6.45, 7) is 1.78. The lowest BCUT2D eigenvalue weighted by atomic mass is 10.1. The second kappa shape index (κ2) is 5.44. The van der Waals surface area contributed by atoms with Gasteiger partial charge in [-0.05, 0) is 24.4 Å². The topological polar surface area (TPSA) is 67.9 Å². The molecule has 0 saturated carbocycles. The third kappa shape index (κ3) is 3.15. The molecule has 2 heterocycles. The standard InChI is InChI=1S/C8H12ClN5.ClH/c9-7-11-5-12-8(13-7)14-3-1-6(10)2-4-14;/h5-6H,1-4,10H2;1H. The van der Waals surface area contributed by atoms with Crippen molar-refractivity contribution in [1.29, 1.82) is 0 Å². The first-order chi connectivity index (χ1) is 6.75. The van der Waals surface area contributed by atoms with Crippen LogP contribution < -0.4 is 10.6 Å². The number of anilines is 1. The van der Waals surface area contributed by atoms with Crippen molar-refractivity contribution in [2.75, 3.05) is 18.0 Å². The van der Waals surface area contributed by atoms with Gasteiger partial charge in [-0.2, -0.15) is 4.98 Å². The smallest absolute Gasteiger partial charge is 0.229 e. The maximum absolute atomic E-state index is 5.80. The number of nitrogens with two attached hydrogens (primary N) is 1. The highest BCUT2D eigenvalue weighted by Gasteiger charge is 2.18. The second-order valence-corrected chi connectivity index (χ2v) is 3.72. The largest absolute Gasteiger partial charge is 0.341 e. The molecule has 1 aliphatic heterocycles. The van der Waals surface area contributed by atoms with Crippen molar-refractivity contribution in [2.24, 2.45) is 5.73 Å². The van der Waals surface area contributed by atoms with E-state index in [-0.39, 0.29) is 17.7 Å². The average molecular weight is 250 g/mol. The van der Waals surface area contributed by atoms with Gasteiger partial charge in [-0.3, -0.25) is 0 Å². The minimum Gasteiger partial charge on any atom is -0.341 e. The van der Waals surface area contributed by atoms with E-state index in [1.54, 1.807) is 0 Å². The van der Waals surface area contributed by atoms with E-state index in [1.165, 1.54) is 6.33 Å². The predicted molar refractivity (Wildman–Crippen MR) is 61.5 cm³/mol. The summed E-state index contributed by atoms with van der Waals surface area (Å²) in [5.41, 5.74) is 5.80. The maximum Gasteiger partial charge on any atom is 0.229 e. The molecule has 84 valence electrons. The summed E-state index contributed by atoms with van der Waals surface area (Å²) >= 11 is 5.68. The third-order valence-corrected chi connectivity index (χ3v) is 2.53. The summed E-state index contributed by atoms with van der Waals surface area (Å²) in [6.07, 6.45) is 3.38. The van der Waals surface area contributed by atoms with Crippen LogP contribution in [0.4, 0.5) is 5.95 Å². The zero-order chi connectivity index (χ0) is 9.97. The molecule has 1 aromatic heterocycles. The lowest BCUT2D eigenvalue weighted by Crippen LogP contribution is -2.40. The Kier molecular flexibility index (Phi) is 4.50. The molecule has 1 fully saturated rings. The van der Waals surface area contributed by atoms with E-state index in [0.29, 0.717) is 12.0 Å². The Labute approximate surface area is 99.5 Å². The number of hydrogen-bond donors (Lipinski definition) is 1. The molecule has 2 N–H and O–H groups in total. The highest BCUT2D eigenvalue weighted by atomic mass is 35.5. The third-order valence-electron chi connectivity index (χ3n) is 2.35. The normalized spacial score (nSPS) is 17.3. The molecule has 0 bridgehead atoms. The molecular weight excluding hydrogens is 237 g/mol. The van der Waals surface area contributed by atoms with Crippen LogP contribution in [-0.4, -0.2) is 34.1 Å². The Bertz CT molecular complexity index is 314. The Morgan fingerprint density at radius 1 is 1.33 bits per heavy atom. The number of aromatic nitrogens is 3. The highest BCUT2D eigenvalue weighted by molar-refractivity contribution is 6.28. The van der Waals surface area contributed by atoms with Crippen LogP contribution in [0.5, 0.6) is 0 Å². The fourth-order valence-electron chi connectivity index (χ4n) is 1.52. The fourth-order valence-corrected chi connectivity index (χ4v) is 1.64. The van der Waals surface area contributed by atoms with E-state index in [1.807, 2.05) is 0 Å². The maximum atomic E-state index is 5.80. The van der Waals surface area contributed by atoms with Crippen LogP contribution in [0, 0.1) is 0 Å². The summed E-state index contributed by atoms with van der Waals surface area (Å²) < 4.78 is 0. The van der Waals surface area contributed by atoms with Crippen LogP contribution in [0.25, 0.3) is 0 Å². The lowest BCUT2D eigenvalue weighted by molar-refractivity contribution is 0.495. The van der Waals surface area contributed by atoms with E-state index in [0.717, 1.165) is 25.9 Å². The van der Waals surface area contributed by atoms with Crippen molar-refractivity contribution in [3.63, 3.8) is 0 Å². The van der Waals surface area contributed by atoms with Crippen molar-refractivity contribution in [1.82, 2.24) is 15.0 Å². The molecule has 1 aliphatic rings. The molecule has 2 rings (SSSR count). The zero-order valence-corrected chi connectivity index (χ0v) is 9.71. The molecule has 0 radical (unpaired) electrons. The zero-order valence-electron chi connectivity index (χ0n) is 8.14. The molecule has 1 saturated heterocycles. The van der Waals surface area contributed by atoms with Gasteiger partial charge in [-0.25, -0.2) is 9.97 Å². The number of hydrogen-bond acceptors (Lipinski definition) is 5. The fraction of sp³-hybridized carbons (Fsp3) is 0.625. The van der Waals surface area contributed by atoms with Gasteiger partial charge in [0.2, 0.25) is 11.2 Å². The number of piperidine rings is 1. The van der Waals surface area contributed by atoms with Crippen LogP contribution in [0.3, 0.4) is 0 Å². The molecule has 0 aliphatic carbocycles. The van der Waals surface area contributed by atoms with E-state index in [4.69, 9.17) is 17.3 Å². The summed E-state index contributed by atoms with van der Waals surface area (Å²) in [6, 6.07) is 0.309. The van der Waals surface area contributed by atoms with Gasteiger partial charge in [0.15, 0.2) is 0 Å². The first-order valence-corrected chi connectivity index (χ1v) is 4.98. The van der Waals surface area contributed by atoms with Gasteiger partial charge in [0.05, 0.1) is 0 Å². The van der Waals surface area contributed by atoms with Crippen molar-refractivity contribution in [3.05, 3.63) is 11.6 Å². The molecule has 1 aromatic rings. The van der Waals surface area contributed by atoms with Crippen LogP contribution in [0.1, 0.15) is 12.8 Å². The van der Waals surface area contributed by atoms with Crippen molar-refractivity contribution in [2.45, 2.75) is 18.9 Å². The van der Waals surface area contributed by atoms with E-state index < -0.39 is 0 Å². The van der Waals surface area contributed by atoms with Gasteiger partial charge < -0.3 is 10.6 Å². The number of halogens is 2. The van der Waals surface area contributed by atoms with Gasteiger partial charge in [0, 0.05) is 19.1 Å². The SMILES string of the molecule is Cl.NC1CCN(c2ncnc(Cl)n2)CC1. The Morgan fingerprint density at radius 2 is 2.00 bits per heavy atom. The van der Waals surface area contributed by atoms with Crippen molar-refractivity contribution >= 4 is 30.0 Å². The second-order valence-electron chi connectivity index (χ2n) is 3.38. The summed E-state index contributed by atoms with van der Waals surface area (Å²) in [5, 5.41) is 0.241. The highest BCUT2D eigenvalue weighted by Crippen LogP contribution is 2.15. The van der Waals surface area contributed by atoms with Gasteiger partial charge in [0.1, 0.15) is 6.33 Å². The van der Waals surface area contributed by atoms with Crippen molar-refractivity contribution in [3.8, 4) is 0 Å². The number of nitrogens with zero attached hydrogens (tertiary/aromatic N) is 4. The molecule has 7 heteroatoms. The Balaban J connectivity index is 0.00000112. The molecule has 0 aromatic carbocycles. The van der Waals surface area contributed by atoms with Gasteiger partial charge in [-0.15, -0.1) is 12.4 Å². The molecule has 0 spiro atoms. The average Bonchev–Trinajstić information content (AvgIpc) is 2.19. The molecule has 0 atom stereocenters. The van der Waals surface area contributed by atoms with Crippen LogP contribution in [-0.2, 0) is 0 Å². The lowest BCUT2D eigenvalue weighted by Gasteiger charge is -2.29. The first-order valence-electron chi connectivity index (χ1n) is 4.61. The minimum atomic E-state index is 0. The Morgan fingerprint density at radius 3 is 2.60 bits per heavy atom. The molecule has 0 amide bonds. The van der Waals surface area contributed by atoms with Crippen molar-refractivity contribution < 1.29 is 0 Å². The molecular formula is C8H13Cl2N5. The van der Waals surface area contributed by atoms with Gasteiger partial charge in [0.25, 0.3) is 0 Å². The van der Waals surface area contributed by atoms with Crippen LogP contribution in [0.15, 0.2) is 6.33 Å². The monoisotopic (exact) mass is 249 g/mol. The van der Waals surface area contributed by atoms with E-state index in [9.17, 15) is 0 Å². The van der Waals surface area contributed by atoms with Gasteiger partial charge in [-0.1, -0.05) is 0 Å². The van der Waals surface area contributed by atoms with E-state index in [2.05, 4.69) is 19.9 Å². The quantitative estimate of drug-likeness (QED) is 0.801. The Hall–Kier alpha value is -0.650. The summed E-state index contributed by atoms with van der Waals surface area (Å²) in [7, 11) is 0. The van der Waals surface area contributed by atoms with E-state index >= 15 is 0 Å². The molecule has 5 nitrogen and oxygen atoms in total. The van der Waals surface area contributed by atoms with Crippen LogP contribution in [0.2, 0.25) is 5.28 Å². The first kappa shape index (κ1) is 12.4. The van der Waals surface area contributed by atoms with Crippen LogP contribution >= 0.6 is 24.0 Å². The number of rotatable bonds is 1. The summed E-state index contributed by atoms with van der Waals surface area (Å²) in [4.78, 5) is 13.9. The molecule has 0 unspecified atom stereocenters.